The van der Waals surface area contributed by atoms with Gasteiger partial charge in [0.25, 0.3) is 0 Å². The Balaban J connectivity index is 1.61. The SMILES string of the molecule is O=C1[C@H](C2CCNCC2)CCCCN1CCc1ccccc1. The van der Waals surface area contributed by atoms with E-state index >= 15 is 0 Å². The number of benzene rings is 1. The van der Waals surface area contributed by atoms with E-state index in [1.54, 1.807) is 0 Å². The molecule has 0 saturated carbocycles. The first-order valence-corrected chi connectivity index (χ1v) is 8.88. The third-order valence-corrected chi connectivity index (χ3v) is 5.29. The zero-order valence-electron chi connectivity index (χ0n) is 13.5. The van der Waals surface area contributed by atoms with Gasteiger partial charge in [-0.05, 0) is 56.7 Å². The molecule has 3 heteroatoms. The monoisotopic (exact) mass is 300 g/mol. The summed E-state index contributed by atoms with van der Waals surface area (Å²) >= 11 is 0. The highest BCUT2D eigenvalue weighted by atomic mass is 16.2. The molecule has 22 heavy (non-hydrogen) atoms. The molecule has 2 saturated heterocycles. The number of carbonyl (C=O) groups is 1. The Kier molecular flexibility index (Phi) is 5.49. The van der Waals surface area contributed by atoms with Gasteiger partial charge in [-0.2, -0.15) is 0 Å². The van der Waals surface area contributed by atoms with Crippen LogP contribution in [-0.2, 0) is 11.2 Å². The predicted molar refractivity (Wildman–Crippen MR) is 89.7 cm³/mol. The van der Waals surface area contributed by atoms with E-state index in [0.29, 0.717) is 11.8 Å². The first-order valence-electron chi connectivity index (χ1n) is 8.88. The Bertz CT molecular complexity index is 468. The smallest absolute Gasteiger partial charge is 0.225 e. The van der Waals surface area contributed by atoms with Crippen LogP contribution in [0.2, 0.25) is 0 Å². The highest BCUT2D eigenvalue weighted by Gasteiger charge is 2.33. The van der Waals surface area contributed by atoms with E-state index in [4.69, 9.17) is 0 Å². The molecule has 1 N–H and O–H groups in total. The molecular weight excluding hydrogens is 272 g/mol. The predicted octanol–water partition coefficient (Wildman–Crippen LogP) is 2.86. The molecule has 2 aliphatic heterocycles. The Morgan fingerprint density at radius 2 is 1.82 bits per heavy atom. The number of carbonyl (C=O) groups excluding carboxylic acids is 1. The topological polar surface area (TPSA) is 32.3 Å². The van der Waals surface area contributed by atoms with E-state index in [0.717, 1.165) is 39.0 Å². The highest BCUT2D eigenvalue weighted by Crippen LogP contribution is 2.30. The summed E-state index contributed by atoms with van der Waals surface area (Å²) in [5.74, 6) is 1.31. The van der Waals surface area contributed by atoms with Crippen LogP contribution >= 0.6 is 0 Å². The molecule has 0 bridgehead atoms. The van der Waals surface area contributed by atoms with Crippen molar-refractivity contribution in [2.45, 2.75) is 38.5 Å². The quantitative estimate of drug-likeness (QED) is 0.927. The first kappa shape index (κ1) is 15.5. The summed E-state index contributed by atoms with van der Waals surface area (Å²) in [6.07, 6.45) is 6.80. The van der Waals surface area contributed by atoms with E-state index in [1.165, 1.54) is 31.2 Å². The molecule has 3 rings (SSSR count). The summed E-state index contributed by atoms with van der Waals surface area (Å²) in [6.45, 7) is 3.99. The summed E-state index contributed by atoms with van der Waals surface area (Å²) in [5.41, 5.74) is 1.33. The minimum atomic E-state index is 0.278. The molecule has 0 aromatic heterocycles. The Morgan fingerprint density at radius 3 is 2.59 bits per heavy atom. The average molecular weight is 300 g/mol. The lowest BCUT2D eigenvalue weighted by molar-refractivity contribution is -0.137. The number of likely N-dealkylation sites (tertiary alicyclic amines) is 1. The lowest BCUT2D eigenvalue weighted by Gasteiger charge is -2.32. The van der Waals surface area contributed by atoms with Crippen LogP contribution in [-0.4, -0.2) is 37.0 Å². The van der Waals surface area contributed by atoms with Crippen LogP contribution in [0.15, 0.2) is 30.3 Å². The minimum Gasteiger partial charge on any atom is -0.342 e. The van der Waals surface area contributed by atoms with E-state index < -0.39 is 0 Å². The van der Waals surface area contributed by atoms with Crippen molar-refractivity contribution in [3.63, 3.8) is 0 Å². The maximum atomic E-state index is 13.0. The molecule has 1 aromatic rings. The lowest BCUT2D eigenvalue weighted by Crippen LogP contribution is -2.41. The van der Waals surface area contributed by atoms with Gasteiger partial charge in [0.05, 0.1) is 0 Å². The molecule has 3 nitrogen and oxygen atoms in total. The van der Waals surface area contributed by atoms with Gasteiger partial charge in [-0.1, -0.05) is 36.8 Å². The molecule has 0 unspecified atom stereocenters. The van der Waals surface area contributed by atoms with Gasteiger partial charge in [0.1, 0.15) is 0 Å². The number of rotatable bonds is 4. The van der Waals surface area contributed by atoms with Crippen molar-refractivity contribution >= 4 is 5.91 Å². The zero-order chi connectivity index (χ0) is 15.2. The van der Waals surface area contributed by atoms with Crippen molar-refractivity contribution in [2.24, 2.45) is 11.8 Å². The minimum absolute atomic E-state index is 0.278. The van der Waals surface area contributed by atoms with Gasteiger partial charge in [0.15, 0.2) is 0 Å². The second kappa shape index (κ2) is 7.77. The third kappa shape index (κ3) is 3.89. The normalized spacial score (nSPS) is 24.3. The highest BCUT2D eigenvalue weighted by molar-refractivity contribution is 5.79. The van der Waals surface area contributed by atoms with Crippen LogP contribution < -0.4 is 5.32 Å². The molecule has 1 aromatic carbocycles. The van der Waals surface area contributed by atoms with Crippen molar-refractivity contribution in [2.75, 3.05) is 26.2 Å². The van der Waals surface area contributed by atoms with Crippen LogP contribution in [0.1, 0.15) is 37.7 Å². The Morgan fingerprint density at radius 1 is 1.05 bits per heavy atom. The largest absolute Gasteiger partial charge is 0.342 e. The number of nitrogens with zero attached hydrogens (tertiary/aromatic N) is 1. The molecule has 2 fully saturated rings. The summed E-state index contributed by atoms with van der Waals surface area (Å²) in [5, 5.41) is 3.42. The van der Waals surface area contributed by atoms with Gasteiger partial charge >= 0.3 is 0 Å². The zero-order valence-corrected chi connectivity index (χ0v) is 13.5. The van der Waals surface area contributed by atoms with Crippen LogP contribution in [0.4, 0.5) is 0 Å². The molecule has 2 heterocycles. The van der Waals surface area contributed by atoms with E-state index in [2.05, 4.69) is 34.5 Å². The van der Waals surface area contributed by atoms with Gasteiger partial charge in [0, 0.05) is 19.0 Å². The maximum absolute atomic E-state index is 13.0. The first-order chi connectivity index (χ1) is 10.8. The molecular formula is C19H28N2O. The van der Waals surface area contributed by atoms with Crippen molar-refractivity contribution < 1.29 is 4.79 Å². The molecule has 0 spiro atoms. The second-order valence-corrected chi connectivity index (χ2v) is 6.75. The summed E-state index contributed by atoms with van der Waals surface area (Å²) in [7, 11) is 0. The van der Waals surface area contributed by atoms with Crippen molar-refractivity contribution in [3.05, 3.63) is 35.9 Å². The molecule has 0 aliphatic carbocycles. The summed E-state index contributed by atoms with van der Waals surface area (Å²) in [6, 6.07) is 10.5. The summed E-state index contributed by atoms with van der Waals surface area (Å²) in [4.78, 5) is 15.1. The number of hydrogen-bond acceptors (Lipinski definition) is 2. The van der Waals surface area contributed by atoms with E-state index in [-0.39, 0.29) is 5.92 Å². The van der Waals surface area contributed by atoms with Gasteiger partial charge < -0.3 is 10.2 Å². The van der Waals surface area contributed by atoms with Gasteiger partial charge in [0.2, 0.25) is 5.91 Å². The fourth-order valence-electron chi connectivity index (χ4n) is 3.95. The van der Waals surface area contributed by atoms with Gasteiger partial charge in [-0.25, -0.2) is 0 Å². The van der Waals surface area contributed by atoms with Crippen molar-refractivity contribution in [1.82, 2.24) is 10.2 Å². The van der Waals surface area contributed by atoms with Crippen molar-refractivity contribution in [1.29, 1.82) is 0 Å². The second-order valence-electron chi connectivity index (χ2n) is 6.75. The molecule has 1 atom stereocenters. The standard InChI is InChI=1S/C19H28N2O/c22-19-18(17-9-12-20-13-10-17)8-4-5-14-21(19)15-11-16-6-2-1-3-7-16/h1-3,6-7,17-18,20H,4-5,8-15H2/t18-/m0/s1. The number of amides is 1. The Labute approximate surface area is 134 Å². The Hall–Kier alpha value is -1.35. The van der Waals surface area contributed by atoms with Crippen LogP contribution in [0.5, 0.6) is 0 Å². The van der Waals surface area contributed by atoms with Gasteiger partial charge in [-0.15, -0.1) is 0 Å². The molecule has 1 amide bonds. The van der Waals surface area contributed by atoms with Crippen LogP contribution in [0, 0.1) is 11.8 Å². The van der Waals surface area contributed by atoms with Crippen LogP contribution in [0.25, 0.3) is 0 Å². The molecule has 0 radical (unpaired) electrons. The third-order valence-electron chi connectivity index (χ3n) is 5.29. The number of piperidine rings is 1. The van der Waals surface area contributed by atoms with Crippen molar-refractivity contribution in [3.8, 4) is 0 Å². The molecule has 2 aliphatic rings. The molecule has 120 valence electrons. The maximum Gasteiger partial charge on any atom is 0.225 e. The lowest BCUT2D eigenvalue weighted by atomic mass is 9.81. The fourth-order valence-corrected chi connectivity index (χ4v) is 3.95. The van der Waals surface area contributed by atoms with E-state index in [9.17, 15) is 4.79 Å². The average Bonchev–Trinajstić information content (AvgIpc) is 2.76. The van der Waals surface area contributed by atoms with Gasteiger partial charge in [-0.3, -0.25) is 4.79 Å². The number of hydrogen-bond donors (Lipinski definition) is 1. The summed E-state index contributed by atoms with van der Waals surface area (Å²) < 4.78 is 0. The fraction of sp³-hybridized carbons (Fsp3) is 0.632. The number of nitrogens with one attached hydrogen (secondary N) is 1. The van der Waals surface area contributed by atoms with Crippen LogP contribution in [0.3, 0.4) is 0 Å². The van der Waals surface area contributed by atoms with E-state index in [1.807, 2.05) is 6.07 Å².